The summed E-state index contributed by atoms with van der Waals surface area (Å²) in [5.41, 5.74) is 4.07. The zero-order chi connectivity index (χ0) is 107. The van der Waals surface area contributed by atoms with Crippen molar-refractivity contribution in [2.45, 2.75) is 221 Å². The first-order valence-corrected chi connectivity index (χ1v) is 30.6. The Morgan fingerprint density at radius 1 is 0.539 bits per heavy atom. The molecule has 4 aromatic rings. The van der Waals surface area contributed by atoms with Gasteiger partial charge in [-0.05, 0) is 163 Å². The molecule has 4 aromatic carbocycles. The highest BCUT2D eigenvalue weighted by Crippen LogP contribution is 2.39. The van der Waals surface area contributed by atoms with Gasteiger partial charge in [0.15, 0.2) is 6.10 Å². The van der Waals surface area contributed by atoms with E-state index >= 15 is 0 Å². The van der Waals surface area contributed by atoms with Gasteiger partial charge in [-0.25, -0.2) is 37.5 Å². The van der Waals surface area contributed by atoms with Crippen LogP contribution in [0.25, 0.3) is 11.1 Å². The molecule has 0 unspecified atom stereocenters. The number of allylic oxidation sites excluding steroid dienone is 4. The van der Waals surface area contributed by atoms with E-state index in [2.05, 4.69) is 52.0 Å². The number of benzene rings is 4. The van der Waals surface area contributed by atoms with E-state index < -0.39 is 82.9 Å². The van der Waals surface area contributed by atoms with Crippen LogP contribution in [0.15, 0.2) is 121 Å². The highest BCUT2D eigenvalue weighted by molar-refractivity contribution is 5.85. The average molecular weight is 1320 g/mol. The lowest BCUT2D eigenvalue weighted by molar-refractivity contribution is -0.172. The Morgan fingerprint density at radius 2 is 0.910 bits per heavy atom. The van der Waals surface area contributed by atoms with Gasteiger partial charge in [-0.3, -0.25) is 9.80 Å². The van der Waals surface area contributed by atoms with Crippen LogP contribution in [0.4, 0.5) is 18.4 Å². The number of aliphatic hydroxyl groups excluding tert-OH is 1. The van der Waals surface area contributed by atoms with Crippen molar-refractivity contribution in [3.05, 3.63) is 155 Å². The predicted molar refractivity (Wildman–Crippen MR) is 387 cm³/mol. The molecule has 0 saturated carbocycles. The summed E-state index contributed by atoms with van der Waals surface area (Å²) in [5, 5.41) is 19.2. The molecule has 15 nitrogen and oxygen atoms in total. The number of nitrogens with zero attached hydrogens (tertiary/aromatic N) is 2. The number of aliphatic carboxylic acids is 1. The molecule has 2 aliphatic rings. The minimum absolute atomic E-state index is 0. The van der Waals surface area contributed by atoms with Gasteiger partial charge in [-0.15, -0.1) is 0 Å². The molecule has 0 aliphatic heterocycles. The van der Waals surface area contributed by atoms with Gasteiger partial charge in [0.25, 0.3) is 0 Å². The van der Waals surface area contributed by atoms with Gasteiger partial charge in [0.1, 0.15) is 47.8 Å². The first-order chi connectivity index (χ1) is 61.2. The van der Waals surface area contributed by atoms with Gasteiger partial charge in [0, 0.05) is 101 Å². The van der Waals surface area contributed by atoms with Gasteiger partial charge in [-0.2, -0.15) is 0 Å². The fourth-order valence-electron chi connectivity index (χ4n) is 9.56. The first-order valence-electron chi connectivity index (χ1n) is 50.6. The minimum atomic E-state index is -1.82. The first kappa shape index (κ1) is 48.5. The monoisotopic (exact) mass is 1320 g/mol. The Hall–Kier alpha value is -7.40. The Balaban J connectivity index is -0.0000000787. The summed E-state index contributed by atoms with van der Waals surface area (Å²) >= 11 is 0. The molecule has 0 heterocycles. The second-order valence-corrected chi connectivity index (χ2v) is 28.0. The van der Waals surface area contributed by atoms with Crippen molar-refractivity contribution in [2.24, 2.45) is 10.8 Å². The number of esters is 3. The van der Waals surface area contributed by atoms with Crippen LogP contribution < -0.4 is 0 Å². The Bertz CT molecular complexity index is 3120. The van der Waals surface area contributed by atoms with Crippen LogP contribution in [0.3, 0.4) is 0 Å². The summed E-state index contributed by atoms with van der Waals surface area (Å²) in [6.45, 7) is 24.6. The van der Waals surface area contributed by atoms with Crippen molar-refractivity contribution in [1.82, 2.24) is 9.80 Å². The van der Waals surface area contributed by atoms with Crippen molar-refractivity contribution >= 4 is 47.2 Å². The second-order valence-electron chi connectivity index (χ2n) is 28.0. The zero-order valence-electron chi connectivity index (χ0n) is 95.4. The molecule has 530 valence electrons. The highest BCUT2D eigenvalue weighted by atomic mass is 19.1. The maximum Gasteiger partial charge on any atom is 0.410 e. The van der Waals surface area contributed by atoms with E-state index in [1.54, 1.807) is 41.5 Å². The molecule has 0 fully saturated rings. The summed E-state index contributed by atoms with van der Waals surface area (Å²) < 4.78 is 255. The number of hydrogen-bond donors (Lipinski definition) is 2. The maximum atomic E-state index is 14.9. The van der Waals surface area contributed by atoms with Gasteiger partial charge >= 0.3 is 36.1 Å². The normalized spacial score (nSPS) is 17.8. The number of carboxylic acid groups (broad SMARTS) is 1. The summed E-state index contributed by atoms with van der Waals surface area (Å²) in [4.78, 5) is 76.5. The molecule has 0 bridgehead atoms. The van der Waals surface area contributed by atoms with Crippen molar-refractivity contribution in [2.75, 3.05) is 14.1 Å². The highest BCUT2D eigenvalue weighted by Gasteiger charge is 2.39. The molecule has 2 aliphatic carbocycles. The number of likely N-dealkylation sites (N-methyl/N-ethyl adjacent to an activating group) is 2. The van der Waals surface area contributed by atoms with Gasteiger partial charge in [0.05, 0.1) is 0 Å². The lowest BCUT2D eigenvalue weighted by atomic mass is 9.77. The van der Waals surface area contributed by atoms with Crippen LogP contribution in [0.5, 0.6) is 0 Å². The van der Waals surface area contributed by atoms with E-state index in [0.717, 1.165) is 69.7 Å². The SMILES string of the molecule is CC1(C)CC=C(c2ccc(C[C@@H](O)C(=O)OCc3ccccc3)cc2)CC1.CN(C(=O)OC(C)(C)C)[C@@H](CC(C)(C)F)C(=O)O.CN(C(=O)OC(C)(C)C)[C@@H](CC(C)(C)F)C(=O)O[C@H](Cc1ccc(C2=CCC(C)(C)CC2)cc1)C(=O)OCc1ccccc1.[2HH].[2H][2H].[2H][2H].[2H][2H].[2H][2H].[2H][2H].[2H][2H].[2H][2H].[2H][2H].[2H][2H].[2H][2H].[2H][2H].[2H][2H].[2H][2H].[2H][2H].[2H][2H].[2H][2H].[2H][2H].[2H][2H].[2H][2H].[2H][2H]. The topological polar surface area (TPSA) is 196 Å². The fraction of sp³-hybridized carbons (Fsp3) is 0.528. The summed E-state index contributed by atoms with van der Waals surface area (Å²) in [6, 6.07) is 32.1. The van der Waals surface area contributed by atoms with Crippen LogP contribution >= 0.6 is 0 Å². The van der Waals surface area contributed by atoms with Crippen LogP contribution in [0, 0.1) is 10.8 Å². The van der Waals surface area contributed by atoms with E-state index in [-0.39, 0.29) is 40.3 Å². The Morgan fingerprint density at radius 3 is 1.27 bits per heavy atom. The van der Waals surface area contributed by atoms with Crippen LogP contribution in [-0.2, 0) is 68.9 Å². The van der Waals surface area contributed by atoms with Gasteiger partial charge in [0.2, 0.25) is 6.10 Å². The predicted octanol–water partition coefficient (Wildman–Crippen LogP) is 20.4. The largest absolute Gasteiger partial charge is 0.480 e. The molecular formula is C72H140F2N2O13. The quantitative estimate of drug-likeness (QED) is 0.0591. The molecule has 0 spiro atoms. The van der Waals surface area contributed by atoms with E-state index in [9.17, 15) is 42.7 Å². The second kappa shape index (κ2) is 32.4. The van der Waals surface area contributed by atoms with E-state index in [0.29, 0.717) is 10.8 Å². The standard InChI is InChI=1S/C36H48FNO6.C24H28O3.C12H22FNO4.21H2/c1-34(2,3)44-33(41)38(8)29(23-36(6,7)37)31(39)43-30(32(40)42-24-26-12-10-9-11-13-26)22-25-14-16-27(17-15-25)28-18-20-35(4,5)21-19-28;1-24(2)14-12-21(13-15-24)20-10-8-18(9-11-20)16-22(25)23(26)27-17-19-6-4-3-5-7-19;1-11(2,3)18-10(17)14(6)8(9(15)16)7-12(4,5)13;;;;;;;;;;;;;;;;;;;;;/h9-18,29-30H,19-24H2,1-8H3;3-12,22,25H,13-17H2,1-2H3;8H,7H2,1-6H3,(H,15,16);21*1H/t29-,30+;22-;8-;;;;;;;;;;;;;;;;;;;;;/m010...................../s1/i;;;20*1+1D;1+1. The van der Waals surface area contributed by atoms with Crippen molar-refractivity contribution in [1.29, 1.82) is 0 Å². The third kappa shape index (κ3) is 27.5. The van der Waals surface area contributed by atoms with Crippen molar-refractivity contribution in [3.8, 4) is 0 Å². The van der Waals surface area contributed by atoms with E-state index in [1.807, 2.05) is 97.1 Å². The molecular weight excluding hydrogens is 1140 g/mol. The van der Waals surface area contributed by atoms with Crippen LogP contribution in [0.1, 0.15) is 242 Å². The molecule has 17 heteroatoms. The third-order valence-corrected chi connectivity index (χ3v) is 14.9. The summed E-state index contributed by atoms with van der Waals surface area (Å²) in [7, 11) is 2.65. The number of halogens is 2. The lowest BCUT2D eigenvalue weighted by Crippen LogP contribution is -2.49. The molecule has 0 radical (unpaired) electrons. The number of amides is 2. The summed E-state index contributed by atoms with van der Waals surface area (Å²) in [6.07, 6.45) is 6.79. The summed E-state index contributed by atoms with van der Waals surface area (Å²) in [5.74, 6) is -3.49. The van der Waals surface area contributed by atoms with Gasteiger partial charge in [-0.1, -0.05) is 149 Å². The van der Waals surface area contributed by atoms with Gasteiger partial charge < -0.3 is 33.9 Å². The van der Waals surface area contributed by atoms with Crippen LogP contribution in [-0.4, -0.2) is 117 Å². The molecule has 0 saturated heterocycles. The average Bonchev–Trinajstić information content (AvgIpc) is 0.839. The lowest BCUT2D eigenvalue weighted by Gasteiger charge is -2.32. The fourth-order valence-corrected chi connectivity index (χ4v) is 9.56. The number of carbonyl (C=O) groups excluding carboxylic acids is 5. The molecule has 2 amide bonds. The molecule has 2 N–H and O–H groups in total. The number of carbonyl (C=O) groups is 6. The third-order valence-electron chi connectivity index (χ3n) is 14.9. The smallest absolute Gasteiger partial charge is 0.410 e. The number of rotatable bonds is 21. The molecule has 89 heavy (non-hydrogen) atoms. The number of carboxylic acids is 1. The molecule has 0 aromatic heterocycles. The minimum Gasteiger partial charge on any atom is -0.480 e. The maximum absolute atomic E-state index is 14.9. The number of alkyl halides is 2. The number of aliphatic hydroxyl groups is 1. The number of hydrogen-bond acceptors (Lipinski definition) is 12. The zero-order valence-corrected chi connectivity index (χ0v) is 55.4. The molecule has 6 rings (SSSR count). The van der Waals surface area contributed by atoms with Crippen LogP contribution in [0.2, 0.25) is 0 Å². The van der Waals surface area contributed by atoms with E-state index in [1.165, 1.54) is 64.9 Å². The van der Waals surface area contributed by atoms with Crippen molar-refractivity contribution in [3.63, 3.8) is 0 Å². The molecule has 4 atom stereocenters. The Kier molecular flexibility index (Phi) is 17.6. The van der Waals surface area contributed by atoms with Crippen molar-refractivity contribution < 1.29 is 132 Å². The number of ether oxygens (including phenoxy) is 5. The van der Waals surface area contributed by atoms with E-state index in [4.69, 9.17) is 88.2 Å². The Labute approximate surface area is 590 Å².